The number of aryl methyl sites for hydroxylation is 1. The van der Waals surface area contributed by atoms with Crippen molar-refractivity contribution < 1.29 is 4.79 Å². The maximum atomic E-state index is 12.7. The average molecular weight is 293 g/mol. The van der Waals surface area contributed by atoms with E-state index in [1.807, 2.05) is 45.0 Å². The van der Waals surface area contributed by atoms with Gasteiger partial charge in [0.1, 0.15) is 5.69 Å². The fourth-order valence-corrected chi connectivity index (χ4v) is 2.18. The van der Waals surface area contributed by atoms with E-state index in [1.54, 1.807) is 23.1 Å². The molecule has 2 aromatic rings. The Morgan fingerprint density at radius 1 is 1.23 bits per heavy atom. The highest BCUT2D eigenvalue weighted by Crippen LogP contribution is 2.13. The highest BCUT2D eigenvalue weighted by atomic mass is 16.2. The van der Waals surface area contributed by atoms with Gasteiger partial charge in [0, 0.05) is 18.3 Å². The molecule has 0 aliphatic carbocycles. The lowest BCUT2D eigenvalue weighted by atomic mass is 10.1. The predicted octanol–water partition coefficient (Wildman–Crippen LogP) is 3.31. The molecule has 0 saturated carbocycles. The van der Waals surface area contributed by atoms with Crippen LogP contribution in [0, 0.1) is 18.3 Å². The molecule has 0 aliphatic rings. The van der Waals surface area contributed by atoms with Crippen molar-refractivity contribution in [2.75, 3.05) is 0 Å². The zero-order chi connectivity index (χ0) is 16.1. The van der Waals surface area contributed by atoms with Gasteiger partial charge in [-0.2, -0.15) is 5.26 Å². The van der Waals surface area contributed by atoms with Crippen molar-refractivity contribution in [2.45, 2.75) is 33.4 Å². The lowest BCUT2D eigenvalue weighted by Gasteiger charge is -2.26. The molecule has 2 rings (SSSR count). The van der Waals surface area contributed by atoms with E-state index in [4.69, 9.17) is 5.26 Å². The van der Waals surface area contributed by atoms with Gasteiger partial charge in [-0.05, 0) is 50.6 Å². The second kappa shape index (κ2) is 6.86. The molecule has 1 aromatic carbocycles. The van der Waals surface area contributed by atoms with Crippen LogP contribution in [0.1, 0.15) is 41.2 Å². The Bertz CT molecular complexity index is 699. The number of nitriles is 1. The molecule has 0 fully saturated rings. The molecule has 0 atom stereocenters. The summed E-state index contributed by atoms with van der Waals surface area (Å²) in [7, 11) is 0. The third-order valence-corrected chi connectivity index (χ3v) is 3.43. The minimum atomic E-state index is -0.0805. The Hall–Kier alpha value is -2.67. The number of amides is 1. The van der Waals surface area contributed by atoms with E-state index >= 15 is 0 Å². The van der Waals surface area contributed by atoms with E-state index in [2.05, 4.69) is 11.1 Å². The van der Waals surface area contributed by atoms with Gasteiger partial charge in [-0.15, -0.1) is 0 Å². The van der Waals surface area contributed by atoms with Gasteiger partial charge >= 0.3 is 0 Å². The molecule has 22 heavy (non-hydrogen) atoms. The SMILES string of the molecule is Cc1cccc(C(=O)N(Cc2ccc(C#N)cc2)C(C)C)n1. The number of nitrogens with zero attached hydrogens (tertiary/aromatic N) is 3. The van der Waals surface area contributed by atoms with Gasteiger partial charge in [-0.1, -0.05) is 18.2 Å². The van der Waals surface area contributed by atoms with Crippen molar-refractivity contribution in [1.82, 2.24) is 9.88 Å². The Kier molecular flexibility index (Phi) is 4.90. The van der Waals surface area contributed by atoms with Gasteiger partial charge in [-0.25, -0.2) is 4.98 Å². The molecular formula is C18H19N3O. The molecule has 0 aliphatic heterocycles. The average Bonchev–Trinajstić information content (AvgIpc) is 2.52. The highest BCUT2D eigenvalue weighted by molar-refractivity contribution is 5.92. The van der Waals surface area contributed by atoms with Crippen LogP contribution < -0.4 is 0 Å². The van der Waals surface area contributed by atoms with Gasteiger partial charge in [0.05, 0.1) is 11.6 Å². The molecule has 0 unspecified atom stereocenters. The molecule has 1 aromatic heterocycles. The molecule has 1 amide bonds. The van der Waals surface area contributed by atoms with E-state index in [1.165, 1.54) is 0 Å². The number of hydrogen-bond acceptors (Lipinski definition) is 3. The van der Waals surface area contributed by atoms with E-state index in [9.17, 15) is 4.79 Å². The van der Waals surface area contributed by atoms with Crippen molar-refractivity contribution in [3.8, 4) is 6.07 Å². The summed E-state index contributed by atoms with van der Waals surface area (Å²) in [6.07, 6.45) is 0. The topological polar surface area (TPSA) is 57.0 Å². The van der Waals surface area contributed by atoms with Crippen molar-refractivity contribution in [3.05, 3.63) is 65.0 Å². The van der Waals surface area contributed by atoms with Crippen LogP contribution in [0.25, 0.3) is 0 Å². The first-order valence-corrected chi connectivity index (χ1v) is 7.25. The molecule has 0 saturated heterocycles. The van der Waals surface area contributed by atoms with E-state index in [-0.39, 0.29) is 11.9 Å². The Balaban J connectivity index is 2.22. The minimum absolute atomic E-state index is 0.0606. The van der Waals surface area contributed by atoms with Crippen molar-refractivity contribution in [2.24, 2.45) is 0 Å². The van der Waals surface area contributed by atoms with Crippen LogP contribution in [-0.4, -0.2) is 21.8 Å². The van der Waals surface area contributed by atoms with Gasteiger partial charge in [-0.3, -0.25) is 4.79 Å². The highest BCUT2D eigenvalue weighted by Gasteiger charge is 2.20. The van der Waals surface area contributed by atoms with Crippen molar-refractivity contribution in [3.63, 3.8) is 0 Å². The fraction of sp³-hybridized carbons (Fsp3) is 0.278. The maximum Gasteiger partial charge on any atom is 0.272 e. The third-order valence-electron chi connectivity index (χ3n) is 3.43. The first kappa shape index (κ1) is 15.7. The molecule has 112 valence electrons. The van der Waals surface area contributed by atoms with E-state index in [0.29, 0.717) is 17.8 Å². The van der Waals surface area contributed by atoms with E-state index < -0.39 is 0 Å². The molecule has 4 heteroatoms. The van der Waals surface area contributed by atoms with Gasteiger partial charge in [0.15, 0.2) is 0 Å². The van der Waals surface area contributed by atoms with Crippen LogP contribution in [0.15, 0.2) is 42.5 Å². The number of hydrogen-bond donors (Lipinski definition) is 0. The first-order valence-electron chi connectivity index (χ1n) is 7.25. The molecule has 0 spiro atoms. The molecule has 1 heterocycles. The van der Waals surface area contributed by atoms with Crippen LogP contribution in [0.3, 0.4) is 0 Å². The van der Waals surface area contributed by atoms with Crippen LogP contribution in [0.2, 0.25) is 0 Å². The summed E-state index contributed by atoms with van der Waals surface area (Å²) in [5.74, 6) is -0.0805. The fourth-order valence-electron chi connectivity index (χ4n) is 2.18. The Morgan fingerprint density at radius 3 is 2.45 bits per heavy atom. The number of carbonyl (C=O) groups is 1. The lowest BCUT2D eigenvalue weighted by molar-refractivity contribution is 0.0684. The number of benzene rings is 1. The summed E-state index contributed by atoms with van der Waals surface area (Å²) in [6, 6.07) is 14.9. The Morgan fingerprint density at radius 2 is 1.91 bits per heavy atom. The first-order chi connectivity index (χ1) is 10.5. The summed E-state index contributed by atoms with van der Waals surface area (Å²) in [5, 5.41) is 8.84. The van der Waals surface area contributed by atoms with E-state index in [0.717, 1.165) is 11.3 Å². The standard InChI is InChI=1S/C18H19N3O/c1-13(2)21(12-16-9-7-15(11-19)8-10-16)18(22)17-6-4-5-14(3)20-17/h4-10,13H,12H2,1-3H3. The van der Waals surface area contributed by atoms with Crippen LogP contribution in [0.4, 0.5) is 0 Å². The molecule has 4 nitrogen and oxygen atoms in total. The molecular weight excluding hydrogens is 274 g/mol. The zero-order valence-corrected chi connectivity index (χ0v) is 13.1. The van der Waals surface area contributed by atoms with Gasteiger partial charge in [0.25, 0.3) is 5.91 Å². The van der Waals surface area contributed by atoms with Gasteiger partial charge < -0.3 is 4.90 Å². The summed E-state index contributed by atoms with van der Waals surface area (Å²) in [5.41, 5.74) is 2.90. The lowest BCUT2D eigenvalue weighted by Crippen LogP contribution is -2.36. The van der Waals surface area contributed by atoms with Crippen molar-refractivity contribution >= 4 is 5.91 Å². The number of rotatable bonds is 4. The summed E-state index contributed by atoms with van der Waals surface area (Å²) in [6.45, 7) is 6.34. The smallest absolute Gasteiger partial charge is 0.272 e. The second-order valence-corrected chi connectivity index (χ2v) is 5.50. The second-order valence-electron chi connectivity index (χ2n) is 5.50. The number of carbonyl (C=O) groups excluding carboxylic acids is 1. The summed E-state index contributed by atoms with van der Waals surface area (Å²) < 4.78 is 0. The summed E-state index contributed by atoms with van der Waals surface area (Å²) >= 11 is 0. The third kappa shape index (κ3) is 3.70. The maximum absolute atomic E-state index is 12.7. The van der Waals surface area contributed by atoms with Crippen LogP contribution in [-0.2, 0) is 6.54 Å². The predicted molar refractivity (Wildman–Crippen MR) is 85.1 cm³/mol. The van der Waals surface area contributed by atoms with Crippen LogP contribution in [0.5, 0.6) is 0 Å². The number of pyridine rings is 1. The molecule has 0 N–H and O–H groups in total. The molecule has 0 bridgehead atoms. The quantitative estimate of drug-likeness (QED) is 0.869. The van der Waals surface area contributed by atoms with Crippen molar-refractivity contribution in [1.29, 1.82) is 5.26 Å². The Labute approximate surface area is 131 Å². The minimum Gasteiger partial charge on any atom is -0.331 e. The van der Waals surface area contributed by atoms with Crippen LogP contribution >= 0.6 is 0 Å². The zero-order valence-electron chi connectivity index (χ0n) is 13.1. The molecule has 0 radical (unpaired) electrons. The largest absolute Gasteiger partial charge is 0.331 e. The summed E-state index contributed by atoms with van der Waals surface area (Å²) in [4.78, 5) is 18.8. The van der Waals surface area contributed by atoms with Gasteiger partial charge in [0.2, 0.25) is 0 Å². The normalized spacial score (nSPS) is 10.3. The number of aromatic nitrogens is 1. The monoisotopic (exact) mass is 293 g/mol.